The molecule has 0 bridgehead atoms. The summed E-state index contributed by atoms with van der Waals surface area (Å²) in [6.45, 7) is 6.78. The van der Waals surface area contributed by atoms with E-state index in [4.69, 9.17) is 23.7 Å². The first-order valence-electron chi connectivity index (χ1n) is 16.5. The lowest BCUT2D eigenvalue weighted by molar-refractivity contribution is 0.0526. The summed E-state index contributed by atoms with van der Waals surface area (Å²) in [5.41, 5.74) is 1.68. The Labute approximate surface area is 292 Å². The van der Waals surface area contributed by atoms with Crippen LogP contribution in [0.25, 0.3) is 0 Å². The van der Waals surface area contributed by atoms with Crippen molar-refractivity contribution in [3.05, 3.63) is 95.1 Å². The molecule has 3 rings (SSSR count). The van der Waals surface area contributed by atoms with Gasteiger partial charge in [0.15, 0.2) is 0 Å². The Morgan fingerprint density at radius 3 is 1.52 bits per heavy atom. The molecular formula is C37H47N3O10. The number of carboxylic acid groups (broad SMARTS) is 1. The van der Waals surface area contributed by atoms with E-state index >= 15 is 0 Å². The number of alkyl carbamates (subject to hydrolysis) is 3. The largest absolute Gasteiger partial charge is 0.493 e. The number of carbonyl (C=O) groups excluding carboxylic acids is 3. The van der Waals surface area contributed by atoms with Crippen molar-refractivity contribution in [1.29, 1.82) is 0 Å². The molecule has 13 heteroatoms. The molecule has 0 aliphatic heterocycles. The van der Waals surface area contributed by atoms with Gasteiger partial charge in [0.05, 0.1) is 18.8 Å². The number of ether oxygens (including phenoxy) is 5. The lowest BCUT2D eigenvalue weighted by atomic mass is 10.0. The maximum absolute atomic E-state index is 12.1. The van der Waals surface area contributed by atoms with Gasteiger partial charge < -0.3 is 44.7 Å². The molecule has 0 atom stereocenters. The highest BCUT2D eigenvalue weighted by Gasteiger charge is 2.19. The van der Waals surface area contributed by atoms with Crippen LogP contribution >= 0.6 is 0 Å². The summed E-state index contributed by atoms with van der Waals surface area (Å²) in [6, 6.07) is 21.5. The summed E-state index contributed by atoms with van der Waals surface area (Å²) in [5.74, 6) is -0.540. The summed E-state index contributed by atoms with van der Waals surface area (Å²) in [7, 11) is 0. The monoisotopic (exact) mass is 693 g/mol. The van der Waals surface area contributed by atoms with E-state index in [2.05, 4.69) is 16.0 Å². The fourth-order valence-corrected chi connectivity index (χ4v) is 4.45. The van der Waals surface area contributed by atoms with Crippen LogP contribution in [0.1, 0.15) is 67.1 Å². The molecule has 4 N–H and O–H groups in total. The molecule has 0 saturated carbocycles. The van der Waals surface area contributed by atoms with Gasteiger partial charge in [0, 0.05) is 25.2 Å². The molecule has 0 radical (unpaired) electrons. The second-order valence-corrected chi connectivity index (χ2v) is 12.2. The predicted molar refractivity (Wildman–Crippen MR) is 185 cm³/mol. The summed E-state index contributed by atoms with van der Waals surface area (Å²) in [4.78, 5) is 48.3. The molecule has 0 unspecified atom stereocenters. The van der Waals surface area contributed by atoms with Crippen LogP contribution in [0.15, 0.2) is 72.8 Å². The zero-order chi connectivity index (χ0) is 36.2. The van der Waals surface area contributed by atoms with E-state index in [1.807, 2.05) is 60.7 Å². The van der Waals surface area contributed by atoms with Crippen LogP contribution in [0, 0.1) is 0 Å². The molecule has 0 heterocycles. The summed E-state index contributed by atoms with van der Waals surface area (Å²) in [6.07, 6.45) is 0.0238. The maximum atomic E-state index is 12.1. The van der Waals surface area contributed by atoms with Gasteiger partial charge in [0.1, 0.15) is 30.3 Å². The van der Waals surface area contributed by atoms with Crippen LogP contribution in [0.4, 0.5) is 14.4 Å². The van der Waals surface area contributed by atoms with Gasteiger partial charge in [-0.2, -0.15) is 0 Å². The average molecular weight is 694 g/mol. The Bertz CT molecular complexity index is 1420. The molecule has 0 saturated heterocycles. The zero-order valence-electron chi connectivity index (χ0n) is 28.8. The van der Waals surface area contributed by atoms with Gasteiger partial charge in [-0.15, -0.1) is 0 Å². The molecule has 13 nitrogen and oxygen atoms in total. The highest BCUT2D eigenvalue weighted by molar-refractivity contribution is 5.89. The number of aromatic carboxylic acids is 1. The number of amides is 3. The fourth-order valence-electron chi connectivity index (χ4n) is 4.45. The highest BCUT2D eigenvalue weighted by atomic mass is 16.6. The van der Waals surface area contributed by atoms with Gasteiger partial charge in [-0.25, -0.2) is 19.2 Å². The number of hydrogen-bond donors (Lipinski definition) is 4. The predicted octanol–water partition coefficient (Wildman–Crippen LogP) is 6.23. The van der Waals surface area contributed by atoms with E-state index < -0.39 is 29.9 Å². The molecule has 0 fully saturated rings. The molecule has 0 aliphatic rings. The van der Waals surface area contributed by atoms with Crippen molar-refractivity contribution in [2.75, 3.05) is 32.8 Å². The van der Waals surface area contributed by atoms with Gasteiger partial charge in [-0.1, -0.05) is 60.7 Å². The lowest BCUT2D eigenvalue weighted by Gasteiger charge is -2.20. The maximum Gasteiger partial charge on any atom is 0.407 e. The van der Waals surface area contributed by atoms with Crippen molar-refractivity contribution in [2.45, 2.75) is 65.3 Å². The molecule has 3 aromatic carbocycles. The van der Waals surface area contributed by atoms with Crippen molar-refractivity contribution in [3.63, 3.8) is 0 Å². The smallest absolute Gasteiger partial charge is 0.407 e. The summed E-state index contributed by atoms with van der Waals surface area (Å²) in [5, 5.41) is 17.9. The van der Waals surface area contributed by atoms with Crippen molar-refractivity contribution in [3.8, 4) is 11.5 Å². The van der Waals surface area contributed by atoms with Crippen LogP contribution in [-0.2, 0) is 33.8 Å². The molecule has 0 aromatic heterocycles. The average Bonchev–Trinajstić information content (AvgIpc) is 3.08. The van der Waals surface area contributed by atoms with Gasteiger partial charge in [-0.3, -0.25) is 0 Å². The fraction of sp³-hybridized carbons (Fsp3) is 0.405. The van der Waals surface area contributed by atoms with Crippen LogP contribution in [0.5, 0.6) is 11.5 Å². The third-order valence-corrected chi connectivity index (χ3v) is 6.81. The topological polar surface area (TPSA) is 171 Å². The third kappa shape index (κ3) is 15.6. The van der Waals surface area contributed by atoms with Crippen molar-refractivity contribution >= 4 is 24.2 Å². The standard InChI is InChI=1S/C37H47N3O10/c1-37(2,3)50-36(45)40-18-10-17-30-31(46-21-11-19-38-34(43)48-25-27-13-6-4-7-14-27)23-29(33(41)42)24-32(30)47-22-12-20-39-35(44)49-26-28-15-8-5-9-16-28/h4-9,13-16,23-24H,10-12,17-22,25-26H2,1-3H3,(H,38,43)(H,39,44)(H,40,45)(H,41,42). The number of nitrogens with one attached hydrogen (secondary N) is 3. The van der Waals surface area contributed by atoms with Gasteiger partial charge in [0.25, 0.3) is 0 Å². The van der Waals surface area contributed by atoms with Crippen LogP contribution in [-0.4, -0.2) is 67.8 Å². The minimum absolute atomic E-state index is 0.0316. The molecule has 50 heavy (non-hydrogen) atoms. The van der Waals surface area contributed by atoms with Gasteiger partial charge >= 0.3 is 24.2 Å². The third-order valence-electron chi connectivity index (χ3n) is 6.81. The van der Waals surface area contributed by atoms with Crippen LogP contribution < -0.4 is 25.4 Å². The van der Waals surface area contributed by atoms with Gasteiger partial charge in [0.2, 0.25) is 0 Å². The Balaban J connectivity index is 1.56. The Morgan fingerprint density at radius 2 is 1.08 bits per heavy atom. The number of benzene rings is 3. The molecule has 3 aromatic rings. The van der Waals surface area contributed by atoms with E-state index in [1.54, 1.807) is 20.8 Å². The van der Waals surface area contributed by atoms with Crippen LogP contribution in [0.3, 0.4) is 0 Å². The van der Waals surface area contributed by atoms with E-state index in [9.17, 15) is 24.3 Å². The van der Waals surface area contributed by atoms with Crippen molar-refractivity contribution in [1.82, 2.24) is 16.0 Å². The number of hydrogen-bond acceptors (Lipinski definition) is 9. The molecule has 0 spiro atoms. The second kappa shape index (κ2) is 20.8. The van der Waals surface area contributed by atoms with Crippen molar-refractivity contribution in [2.24, 2.45) is 0 Å². The Kier molecular flexibility index (Phi) is 16.2. The summed E-state index contributed by atoms with van der Waals surface area (Å²) >= 11 is 0. The van der Waals surface area contributed by atoms with E-state index in [0.717, 1.165) is 11.1 Å². The second-order valence-electron chi connectivity index (χ2n) is 12.2. The zero-order valence-corrected chi connectivity index (χ0v) is 28.8. The quantitative estimate of drug-likeness (QED) is 0.0833. The number of rotatable bonds is 19. The molecular weight excluding hydrogens is 646 g/mol. The first-order valence-corrected chi connectivity index (χ1v) is 16.5. The van der Waals surface area contributed by atoms with Crippen LogP contribution in [0.2, 0.25) is 0 Å². The van der Waals surface area contributed by atoms with E-state index in [-0.39, 0.29) is 45.1 Å². The Hall–Kier alpha value is -5.46. The number of carboxylic acids is 1. The number of carbonyl (C=O) groups is 4. The van der Waals surface area contributed by atoms with Gasteiger partial charge in [-0.05, 0) is 69.7 Å². The molecule has 3 amide bonds. The normalized spacial score (nSPS) is 10.8. The molecule has 270 valence electrons. The van der Waals surface area contributed by atoms with E-state index in [1.165, 1.54) is 12.1 Å². The first kappa shape index (κ1) is 39.0. The SMILES string of the molecule is CC(C)(C)OC(=O)NCCCc1c(OCCCNC(=O)OCc2ccccc2)cc(C(=O)O)cc1OCCCNC(=O)OCc1ccccc1. The first-order chi connectivity index (χ1) is 24.0. The Morgan fingerprint density at radius 1 is 0.640 bits per heavy atom. The van der Waals surface area contributed by atoms with Crippen molar-refractivity contribution < 1.29 is 48.0 Å². The highest BCUT2D eigenvalue weighted by Crippen LogP contribution is 2.32. The van der Waals surface area contributed by atoms with E-state index in [0.29, 0.717) is 49.3 Å². The minimum atomic E-state index is -1.16. The summed E-state index contributed by atoms with van der Waals surface area (Å²) < 4.78 is 27.8. The lowest BCUT2D eigenvalue weighted by Crippen LogP contribution is -2.33. The molecule has 0 aliphatic carbocycles. The minimum Gasteiger partial charge on any atom is -0.493 e.